The number of nitrogens with zero attached hydrogens (tertiary/aromatic N) is 3. The van der Waals surface area contributed by atoms with E-state index in [4.69, 9.17) is 0 Å². The van der Waals surface area contributed by atoms with Gasteiger partial charge in [-0.2, -0.15) is 5.10 Å². The molecule has 2 aliphatic rings. The highest BCUT2D eigenvalue weighted by molar-refractivity contribution is 5.91. The van der Waals surface area contributed by atoms with Gasteiger partial charge in [-0.15, -0.1) is 0 Å². The third-order valence-corrected chi connectivity index (χ3v) is 5.13. The van der Waals surface area contributed by atoms with Gasteiger partial charge in [0.05, 0.1) is 12.7 Å². The first kappa shape index (κ1) is 16.5. The van der Waals surface area contributed by atoms with Crippen LogP contribution in [0.15, 0.2) is 12.3 Å². The fraction of sp³-hybridized carbons (Fsp3) is 0.765. The summed E-state index contributed by atoms with van der Waals surface area (Å²) in [5, 5.41) is 10.8. The first-order valence-corrected chi connectivity index (χ1v) is 8.99. The maximum atomic E-state index is 12.4. The minimum Gasteiger partial charge on any atom is -0.314 e. The first-order chi connectivity index (χ1) is 11.2. The summed E-state index contributed by atoms with van der Waals surface area (Å²) < 4.78 is 1.97. The maximum absolute atomic E-state index is 12.4. The molecule has 1 amide bonds. The molecule has 6 heteroatoms. The van der Waals surface area contributed by atoms with Crippen LogP contribution in [0.4, 0.5) is 5.82 Å². The molecular formula is C17H29N5O. The second-order valence-electron chi connectivity index (χ2n) is 6.97. The number of hydrogen-bond donors (Lipinski definition) is 2. The van der Waals surface area contributed by atoms with Gasteiger partial charge in [0.1, 0.15) is 5.82 Å². The number of piperazine rings is 1. The molecule has 1 aliphatic carbocycles. The van der Waals surface area contributed by atoms with E-state index in [9.17, 15) is 4.79 Å². The number of nitrogens with one attached hydrogen (secondary N) is 2. The van der Waals surface area contributed by atoms with Crippen molar-refractivity contribution in [2.75, 3.05) is 31.5 Å². The average Bonchev–Trinajstić information content (AvgIpc) is 2.97. The van der Waals surface area contributed by atoms with E-state index in [0.717, 1.165) is 32.0 Å². The molecule has 3 rings (SSSR count). The molecule has 0 radical (unpaired) electrons. The Bertz CT molecular complexity index is 509. The summed E-state index contributed by atoms with van der Waals surface area (Å²) in [5.74, 6) is 1.60. The molecule has 128 valence electrons. The summed E-state index contributed by atoms with van der Waals surface area (Å²) in [5.41, 5.74) is 0. The number of carbonyl (C=O) groups is 1. The van der Waals surface area contributed by atoms with E-state index in [1.165, 1.54) is 32.1 Å². The molecule has 1 aromatic rings. The zero-order valence-electron chi connectivity index (χ0n) is 14.1. The fourth-order valence-corrected chi connectivity index (χ4v) is 3.68. The van der Waals surface area contributed by atoms with Crippen LogP contribution >= 0.6 is 0 Å². The zero-order chi connectivity index (χ0) is 16.1. The van der Waals surface area contributed by atoms with Gasteiger partial charge in [0.25, 0.3) is 0 Å². The zero-order valence-corrected chi connectivity index (χ0v) is 14.1. The van der Waals surface area contributed by atoms with Crippen LogP contribution in [0.5, 0.6) is 0 Å². The van der Waals surface area contributed by atoms with Crippen LogP contribution < -0.4 is 10.6 Å². The second-order valence-corrected chi connectivity index (χ2v) is 6.97. The molecule has 1 aromatic heterocycles. The summed E-state index contributed by atoms with van der Waals surface area (Å²) in [4.78, 5) is 14.6. The number of hydrogen-bond acceptors (Lipinski definition) is 4. The van der Waals surface area contributed by atoms with Crippen LogP contribution in [-0.4, -0.2) is 52.8 Å². The highest BCUT2D eigenvalue weighted by Crippen LogP contribution is 2.25. The SMILES string of the molecule is C[C@@H]1CNCCN1CC(=O)Nc1ccnn1CC1CCCCC1. The van der Waals surface area contributed by atoms with Gasteiger partial charge in [0.2, 0.25) is 5.91 Å². The van der Waals surface area contributed by atoms with E-state index >= 15 is 0 Å². The molecule has 0 aromatic carbocycles. The van der Waals surface area contributed by atoms with Crippen molar-refractivity contribution in [2.24, 2.45) is 5.92 Å². The van der Waals surface area contributed by atoms with Crippen LogP contribution in [0, 0.1) is 5.92 Å². The standard InChI is InChI=1S/C17H29N5O/c1-14-11-18-9-10-21(14)13-17(23)20-16-7-8-19-22(16)12-15-5-3-2-4-6-15/h7-8,14-15,18H,2-6,9-13H2,1H3,(H,20,23)/t14-/m1/s1. The topological polar surface area (TPSA) is 62.2 Å². The van der Waals surface area contributed by atoms with Gasteiger partial charge in [0, 0.05) is 38.3 Å². The summed E-state index contributed by atoms with van der Waals surface area (Å²) in [6.07, 6.45) is 8.37. The molecule has 0 unspecified atom stereocenters. The van der Waals surface area contributed by atoms with Crippen molar-refractivity contribution in [3.63, 3.8) is 0 Å². The lowest BCUT2D eigenvalue weighted by Crippen LogP contribution is -2.52. The largest absolute Gasteiger partial charge is 0.314 e. The summed E-state index contributed by atoms with van der Waals surface area (Å²) in [6, 6.07) is 2.31. The molecule has 2 N–H and O–H groups in total. The first-order valence-electron chi connectivity index (χ1n) is 8.99. The quantitative estimate of drug-likeness (QED) is 0.867. The Morgan fingerprint density at radius 1 is 1.39 bits per heavy atom. The van der Waals surface area contributed by atoms with E-state index in [1.54, 1.807) is 6.20 Å². The fourth-order valence-electron chi connectivity index (χ4n) is 3.68. The van der Waals surface area contributed by atoms with E-state index < -0.39 is 0 Å². The number of aromatic nitrogens is 2. The Labute approximate surface area is 138 Å². The molecule has 6 nitrogen and oxygen atoms in total. The molecule has 2 fully saturated rings. The Morgan fingerprint density at radius 2 is 2.22 bits per heavy atom. The number of anilines is 1. The summed E-state index contributed by atoms with van der Waals surface area (Å²) in [7, 11) is 0. The molecule has 1 saturated heterocycles. The van der Waals surface area contributed by atoms with E-state index in [2.05, 4.69) is 27.6 Å². The average molecular weight is 319 g/mol. The molecule has 1 saturated carbocycles. The van der Waals surface area contributed by atoms with Crippen molar-refractivity contribution >= 4 is 11.7 Å². The van der Waals surface area contributed by atoms with Crippen LogP contribution in [0.25, 0.3) is 0 Å². The molecular weight excluding hydrogens is 290 g/mol. The summed E-state index contributed by atoms with van der Waals surface area (Å²) >= 11 is 0. The normalized spacial score (nSPS) is 23.8. The molecule has 1 atom stereocenters. The molecule has 0 bridgehead atoms. The van der Waals surface area contributed by atoms with Crippen molar-refractivity contribution in [1.29, 1.82) is 0 Å². The minimum absolute atomic E-state index is 0.0594. The third kappa shape index (κ3) is 4.54. The number of amides is 1. The Balaban J connectivity index is 1.53. The lowest BCUT2D eigenvalue weighted by molar-refractivity contribution is -0.118. The second kappa shape index (κ2) is 7.93. The molecule has 1 aliphatic heterocycles. The molecule has 2 heterocycles. The maximum Gasteiger partial charge on any atom is 0.239 e. The van der Waals surface area contributed by atoms with E-state index in [1.807, 2.05) is 10.7 Å². The highest BCUT2D eigenvalue weighted by Gasteiger charge is 2.21. The van der Waals surface area contributed by atoms with Crippen molar-refractivity contribution in [3.05, 3.63) is 12.3 Å². The lowest BCUT2D eigenvalue weighted by Gasteiger charge is -2.33. The van der Waals surface area contributed by atoms with Crippen LogP contribution in [0.2, 0.25) is 0 Å². The van der Waals surface area contributed by atoms with Gasteiger partial charge < -0.3 is 10.6 Å². The Hall–Kier alpha value is -1.40. The van der Waals surface area contributed by atoms with Gasteiger partial charge in [-0.3, -0.25) is 9.69 Å². The highest BCUT2D eigenvalue weighted by atomic mass is 16.2. The molecule has 0 spiro atoms. The monoisotopic (exact) mass is 319 g/mol. The Morgan fingerprint density at radius 3 is 3.00 bits per heavy atom. The van der Waals surface area contributed by atoms with Gasteiger partial charge in [-0.05, 0) is 25.7 Å². The van der Waals surface area contributed by atoms with Gasteiger partial charge in [0.15, 0.2) is 0 Å². The van der Waals surface area contributed by atoms with Gasteiger partial charge in [-0.1, -0.05) is 19.3 Å². The third-order valence-electron chi connectivity index (χ3n) is 5.13. The van der Waals surface area contributed by atoms with Crippen LogP contribution in [-0.2, 0) is 11.3 Å². The Kier molecular flexibility index (Phi) is 5.67. The van der Waals surface area contributed by atoms with E-state index in [0.29, 0.717) is 18.5 Å². The smallest absolute Gasteiger partial charge is 0.239 e. The van der Waals surface area contributed by atoms with E-state index in [-0.39, 0.29) is 5.91 Å². The summed E-state index contributed by atoms with van der Waals surface area (Å²) in [6.45, 7) is 6.37. The van der Waals surface area contributed by atoms with Gasteiger partial charge in [-0.25, -0.2) is 4.68 Å². The van der Waals surface area contributed by atoms with Crippen molar-refractivity contribution in [1.82, 2.24) is 20.0 Å². The van der Waals surface area contributed by atoms with Gasteiger partial charge >= 0.3 is 0 Å². The van der Waals surface area contributed by atoms with Crippen molar-refractivity contribution in [2.45, 2.75) is 51.6 Å². The van der Waals surface area contributed by atoms with Crippen molar-refractivity contribution < 1.29 is 4.79 Å². The lowest BCUT2D eigenvalue weighted by atomic mass is 9.89. The van der Waals surface area contributed by atoms with Crippen molar-refractivity contribution in [3.8, 4) is 0 Å². The number of carbonyl (C=O) groups excluding carboxylic acids is 1. The van der Waals surface area contributed by atoms with Crippen LogP contribution in [0.1, 0.15) is 39.0 Å². The molecule has 23 heavy (non-hydrogen) atoms. The predicted molar refractivity (Wildman–Crippen MR) is 91.3 cm³/mol. The van der Waals surface area contributed by atoms with Crippen LogP contribution in [0.3, 0.4) is 0 Å². The minimum atomic E-state index is 0.0594. The number of rotatable bonds is 5. The predicted octanol–water partition coefficient (Wildman–Crippen LogP) is 1.70.